The molecule has 17 heavy (non-hydrogen) atoms. The van der Waals surface area contributed by atoms with E-state index in [1.165, 1.54) is 0 Å². The summed E-state index contributed by atoms with van der Waals surface area (Å²) < 4.78 is 7.23. The highest BCUT2D eigenvalue weighted by Gasteiger charge is 2.25. The fraction of sp³-hybridized carbons (Fsp3) is 0.333. The molecule has 5 nitrogen and oxygen atoms in total. The van der Waals surface area contributed by atoms with Gasteiger partial charge >= 0.3 is 0 Å². The van der Waals surface area contributed by atoms with Crippen molar-refractivity contribution in [3.05, 3.63) is 42.1 Å². The number of carbonyl (C=O) groups is 1. The predicted octanol–water partition coefficient (Wildman–Crippen LogP) is 1.42. The molecule has 1 N–H and O–H groups in total. The third-order valence-electron chi connectivity index (χ3n) is 2.68. The maximum Gasteiger partial charge on any atom is 0.287 e. The molecule has 1 fully saturated rings. The Morgan fingerprint density at radius 1 is 1.53 bits per heavy atom. The smallest absolute Gasteiger partial charge is 0.287 e. The number of furan rings is 1. The van der Waals surface area contributed by atoms with Gasteiger partial charge in [-0.05, 0) is 31.0 Å². The fourth-order valence-corrected chi connectivity index (χ4v) is 1.62. The Morgan fingerprint density at radius 3 is 3.12 bits per heavy atom. The van der Waals surface area contributed by atoms with Gasteiger partial charge in [0.25, 0.3) is 5.91 Å². The van der Waals surface area contributed by atoms with E-state index in [4.69, 9.17) is 4.42 Å². The molecule has 1 saturated carbocycles. The van der Waals surface area contributed by atoms with Gasteiger partial charge in [0.15, 0.2) is 5.76 Å². The topological polar surface area (TPSA) is 60.1 Å². The Labute approximate surface area is 98.4 Å². The molecule has 1 aliphatic carbocycles. The number of amides is 1. The van der Waals surface area contributed by atoms with E-state index in [0.29, 0.717) is 18.3 Å². The van der Waals surface area contributed by atoms with Crippen molar-refractivity contribution in [3.63, 3.8) is 0 Å². The summed E-state index contributed by atoms with van der Waals surface area (Å²) in [5, 5.41) is 6.97. The third kappa shape index (κ3) is 2.38. The zero-order valence-corrected chi connectivity index (χ0v) is 9.30. The molecule has 5 heteroatoms. The Bertz CT molecular complexity index is 512. The second-order valence-electron chi connectivity index (χ2n) is 4.22. The molecule has 0 radical (unpaired) electrons. The number of aromatic nitrogens is 2. The van der Waals surface area contributed by atoms with Gasteiger partial charge in [-0.2, -0.15) is 5.10 Å². The van der Waals surface area contributed by atoms with Gasteiger partial charge in [-0.3, -0.25) is 9.48 Å². The summed E-state index contributed by atoms with van der Waals surface area (Å²) in [7, 11) is 0. The first-order valence-corrected chi connectivity index (χ1v) is 5.68. The minimum atomic E-state index is -0.126. The second kappa shape index (κ2) is 4.08. The van der Waals surface area contributed by atoms with Crippen LogP contribution in [0.2, 0.25) is 0 Å². The summed E-state index contributed by atoms with van der Waals surface area (Å²) in [5.74, 6) is 0.980. The molecule has 2 aromatic rings. The number of hydrogen-bond donors (Lipinski definition) is 1. The molecule has 2 heterocycles. The molecule has 0 unspecified atom stereocenters. The molecule has 1 aliphatic rings. The van der Waals surface area contributed by atoms with Crippen molar-refractivity contribution in [2.24, 2.45) is 0 Å². The molecule has 0 saturated heterocycles. The van der Waals surface area contributed by atoms with E-state index < -0.39 is 0 Å². The van der Waals surface area contributed by atoms with Crippen LogP contribution >= 0.6 is 0 Å². The predicted molar refractivity (Wildman–Crippen MR) is 60.5 cm³/mol. The van der Waals surface area contributed by atoms with E-state index in [2.05, 4.69) is 10.4 Å². The van der Waals surface area contributed by atoms with Crippen molar-refractivity contribution in [1.29, 1.82) is 0 Å². The first-order chi connectivity index (χ1) is 8.31. The van der Waals surface area contributed by atoms with Gasteiger partial charge < -0.3 is 9.73 Å². The van der Waals surface area contributed by atoms with Crippen LogP contribution < -0.4 is 5.32 Å². The van der Waals surface area contributed by atoms with Gasteiger partial charge in [0.1, 0.15) is 5.76 Å². The van der Waals surface area contributed by atoms with Gasteiger partial charge in [0, 0.05) is 18.4 Å². The molecule has 0 aromatic carbocycles. The summed E-state index contributed by atoms with van der Waals surface area (Å²) >= 11 is 0. The molecule has 0 bridgehead atoms. The van der Waals surface area contributed by atoms with E-state index in [-0.39, 0.29) is 5.91 Å². The molecular formula is C12H13N3O2. The van der Waals surface area contributed by atoms with Gasteiger partial charge in [0.2, 0.25) is 0 Å². The minimum Gasteiger partial charge on any atom is -0.454 e. The quantitative estimate of drug-likeness (QED) is 0.865. The van der Waals surface area contributed by atoms with E-state index in [1.807, 2.05) is 18.3 Å². The van der Waals surface area contributed by atoms with Crippen LogP contribution in [0.1, 0.15) is 29.2 Å². The fourth-order valence-electron chi connectivity index (χ4n) is 1.62. The van der Waals surface area contributed by atoms with Crippen LogP contribution in [0.25, 0.3) is 0 Å². The SMILES string of the molecule is O=C(NC1CC1)c1ccc(Cn2cccn2)o1. The molecule has 1 amide bonds. The summed E-state index contributed by atoms with van der Waals surface area (Å²) in [4.78, 5) is 11.7. The Hall–Kier alpha value is -2.04. The first-order valence-electron chi connectivity index (χ1n) is 5.68. The maximum atomic E-state index is 11.7. The summed E-state index contributed by atoms with van der Waals surface area (Å²) in [5.41, 5.74) is 0. The molecule has 3 rings (SSSR count). The lowest BCUT2D eigenvalue weighted by Gasteiger charge is -1.99. The number of nitrogens with zero attached hydrogens (tertiary/aromatic N) is 2. The summed E-state index contributed by atoms with van der Waals surface area (Å²) in [6.45, 7) is 0.545. The lowest BCUT2D eigenvalue weighted by Crippen LogP contribution is -2.24. The van der Waals surface area contributed by atoms with Crippen LogP contribution in [-0.4, -0.2) is 21.7 Å². The standard InChI is InChI=1S/C12H13N3O2/c16-12(14-9-2-3-9)11-5-4-10(17-11)8-15-7-1-6-13-15/h1,4-7,9H,2-3,8H2,(H,14,16). The van der Waals surface area contributed by atoms with Crippen molar-refractivity contribution in [1.82, 2.24) is 15.1 Å². The van der Waals surface area contributed by atoms with Gasteiger partial charge in [-0.25, -0.2) is 0 Å². The van der Waals surface area contributed by atoms with Gasteiger partial charge in [0.05, 0.1) is 6.54 Å². The third-order valence-corrected chi connectivity index (χ3v) is 2.68. The Balaban J connectivity index is 1.67. The molecule has 2 aromatic heterocycles. The number of rotatable bonds is 4. The minimum absolute atomic E-state index is 0.126. The van der Waals surface area contributed by atoms with Crippen molar-refractivity contribution >= 4 is 5.91 Å². The van der Waals surface area contributed by atoms with E-state index in [9.17, 15) is 4.79 Å². The normalized spacial score (nSPS) is 14.8. The van der Waals surface area contributed by atoms with Crippen molar-refractivity contribution < 1.29 is 9.21 Å². The lowest BCUT2D eigenvalue weighted by molar-refractivity contribution is 0.0921. The summed E-state index contributed by atoms with van der Waals surface area (Å²) in [6, 6.07) is 5.71. The van der Waals surface area contributed by atoms with Crippen LogP contribution in [0.3, 0.4) is 0 Å². The maximum absolute atomic E-state index is 11.7. The Kier molecular flexibility index (Phi) is 2.44. The zero-order chi connectivity index (χ0) is 11.7. The van der Waals surface area contributed by atoms with E-state index >= 15 is 0 Å². The first kappa shape index (κ1) is 10.1. The molecule has 0 atom stereocenters. The van der Waals surface area contributed by atoms with E-state index in [0.717, 1.165) is 18.6 Å². The Morgan fingerprint density at radius 2 is 2.41 bits per heavy atom. The molecule has 0 aliphatic heterocycles. The highest BCUT2D eigenvalue weighted by atomic mass is 16.4. The molecule has 88 valence electrons. The van der Waals surface area contributed by atoms with Gasteiger partial charge in [-0.15, -0.1) is 0 Å². The molecule has 0 spiro atoms. The lowest BCUT2D eigenvalue weighted by atomic mass is 10.4. The number of hydrogen-bond acceptors (Lipinski definition) is 3. The largest absolute Gasteiger partial charge is 0.454 e. The van der Waals surface area contributed by atoms with Crippen LogP contribution in [-0.2, 0) is 6.54 Å². The van der Waals surface area contributed by atoms with Crippen molar-refractivity contribution in [2.75, 3.05) is 0 Å². The summed E-state index contributed by atoms with van der Waals surface area (Å²) in [6.07, 6.45) is 5.72. The van der Waals surface area contributed by atoms with Crippen LogP contribution in [0.15, 0.2) is 35.0 Å². The molecular weight excluding hydrogens is 218 g/mol. The van der Waals surface area contributed by atoms with Crippen LogP contribution in [0.5, 0.6) is 0 Å². The number of nitrogens with one attached hydrogen (secondary N) is 1. The van der Waals surface area contributed by atoms with Crippen molar-refractivity contribution in [2.45, 2.75) is 25.4 Å². The average Bonchev–Trinajstić information content (AvgIpc) is 2.84. The van der Waals surface area contributed by atoms with Crippen molar-refractivity contribution in [3.8, 4) is 0 Å². The number of carbonyl (C=O) groups excluding carboxylic acids is 1. The van der Waals surface area contributed by atoms with E-state index in [1.54, 1.807) is 16.9 Å². The average molecular weight is 231 g/mol. The van der Waals surface area contributed by atoms with Gasteiger partial charge in [-0.1, -0.05) is 0 Å². The van der Waals surface area contributed by atoms with Crippen LogP contribution in [0, 0.1) is 0 Å². The zero-order valence-electron chi connectivity index (χ0n) is 9.30. The highest BCUT2D eigenvalue weighted by molar-refractivity contribution is 5.91. The monoisotopic (exact) mass is 231 g/mol. The van der Waals surface area contributed by atoms with Crippen LogP contribution in [0.4, 0.5) is 0 Å². The second-order valence-corrected chi connectivity index (χ2v) is 4.22. The highest BCUT2D eigenvalue weighted by Crippen LogP contribution is 2.19.